The molecule has 0 saturated carbocycles. The van der Waals surface area contributed by atoms with Crippen molar-refractivity contribution >= 4 is 22.2 Å². The third-order valence-corrected chi connectivity index (χ3v) is 2.16. The standard InChI is InChI=1S/C9H7BrF2O2/c10-8-3-7(14-5-9(11)12)2-1-6(8)4-13/h1-4,9H,5H2. The summed E-state index contributed by atoms with van der Waals surface area (Å²) in [6.45, 7) is -0.646. The molecule has 0 atom stereocenters. The van der Waals surface area contributed by atoms with Crippen LogP contribution in [0, 0.1) is 0 Å². The van der Waals surface area contributed by atoms with Gasteiger partial charge in [-0.1, -0.05) is 0 Å². The number of halogens is 3. The van der Waals surface area contributed by atoms with E-state index in [0.717, 1.165) is 0 Å². The van der Waals surface area contributed by atoms with E-state index in [1.54, 1.807) is 0 Å². The van der Waals surface area contributed by atoms with Crippen LogP contribution in [0.3, 0.4) is 0 Å². The van der Waals surface area contributed by atoms with Crippen molar-refractivity contribution in [2.75, 3.05) is 6.61 Å². The first-order valence-corrected chi connectivity index (χ1v) is 4.58. The minimum Gasteiger partial charge on any atom is -0.488 e. The zero-order chi connectivity index (χ0) is 10.6. The summed E-state index contributed by atoms with van der Waals surface area (Å²) >= 11 is 3.12. The molecule has 1 rings (SSSR count). The number of hydrogen-bond acceptors (Lipinski definition) is 2. The summed E-state index contributed by atoms with van der Waals surface area (Å²) in [4.78, 5) is 10.4. The molecule has 0 amide bonds. The van der Waals surface area contributed by atoms with Crippen molar-refractivity contribution in [1.29, 1.82) is 0 Å². The third kappa shape index (κ3) is 3.06. The Morgan fingerprint density at radius 3 is 2.71 bits per heavy atom. The van der Waals surface area contributed by atoms with Gasteiger partial charge in [0.15, 0.2) is 6.29 Å². The first kappa shape index (κ1) is 11.1. The van der Waals surface area contributed by atoms with Gasteiger partial charge in [-0.3, -0.25) is 4.79 Å². The predicted octanol–water partition coefficient (Wildman–Crippen LogP) is 2.91. The number of hydrogen-bond donors (Lipinski definition) is 0. The average Bonchev–Trinajstić information content (AvgIpc) is 2.15. The Hall–Kier alpha value is -0.970. The van der Waals surface area contributed by atoms with Crippen LogP contribution >= 0.6 is 15.9 Å². The van der Waals surface area contributed by atoms with Gasteiger partial charge in [-0.15, -0.1) is 0 Å². The summed E-state index contributed by atoms with van der Waals surface area (Å²) in [5.74, 6) is 0.308. The molecule has 76 valence electrons. The van der Waals surface area contributed by atoms with Gasteiger partial charge in [-0.25, -0.2) is 8.78 Å². The van der Waals surface area contributed by atoms with Gasteiger partial charge in [0.1, 0.15) is 12.4 Å². The molecular weight excluding hydrogens is 258 g/mol. The molecule has 0 aromatic heterocycles. The molecule has 0 unspecified atom stereocenters. The highest BCUT2D eigenvalue weighted by atomic mass is 79.9. The lowest BCUT2D eigenvalue weighted by molar-refractivity contribution is 0.0818. The van der Waals surface area contributed by atoms with Crippen LogP contribution in [0.15, 0.2) is 22.7 Å². The molecule has 0 fully saturated rings. The SMILES string of the molecule is O=Cc1ccc(OCC(F)F)cc1Br. The van der Waals surface area contributed by atoms with Gasteiger partial charge >= 0.3 is 0 Å². The van der Waals surface area contributed by atoms with Crippen molar-refractivity contribution in [3.05, 3.63) is 28.2 Å². The fourth-order valence-corrected chi connectivity index (χ4v) is 1.30. The van der Waals surface area contributed by atoms with Crippen molar-refractivity contribution in [3.8, 4) is 5.75 Å². The van der Waals surface area contributed by atoms with Crippen LogP contribution < -0.4 is 4.74 Å². The highest BCUT2D eigenvalue weighted by Gasteiger charge is 2.05. The van der Waals surface area contributed by atoms with E-state index < -0.39 is 13.0 Å². The minimum atomic E-state index is -2.50. The summed E-state index contributed by atoms with van der Waals surface area (Å²) < 4.78 is 28.8. The molecule has 0 spiro atoms. The molecule has 0 radical (unpaired) electrons. The molecular formula is C9H7BrF2O2. The van der Waals surface area contributed by atoms with Gasteiger partial charge in [-0.05, 0) is 34.1 Å². The van der Waals surface area contributed by atoms with Crippen LogP contribution in [0.4, 0.5) is 8.78 Å². The molecule has 0 N–H and O–H groups in total. The van der Waals surface area contributed by atoms with Crippen molar-refractivity contribution in [2.24, 2.45) is 0 Å². The van der Waals surface area contributed by atoms with Crippen molar-refractivity contribution in [2.45, 2.75) is 6.43 Å². The monoisotopic (exact) mass is 264 g/mol. The van der Waals surface area contributed by atoms with E-state index in [1.165, 1.54) is 18.2 Å². The van der Waals surface area contributed by atoms with Crippen molar-refractivity contribution < 1.29 is 18.3 Å². The highest BCUT2D eigenvalue weighted by molar-refractivity contribution is 9.10. The predicted molar refractivity (Wildman–Crippen MR) is 51.0 cm³/mol. The number of aldehydes is 1. The molecule has 0 aliphatic rings. The van der Waals surface area contributed by atoms with E-state index in [0.29, 0.717) is 22.1 Å². The summed E-state index contributed by atoms with van der Waals surface area (Å²) in [7, 11) is 0. The number of alkyl halides is 2. The summed E-state index contributed by atoms with van der Waals surface area (Å²) in [6.07, 6.45) is -1.83. The quantitative estimate of drug-likeness (QED) is 0.782. The zero-order valence-electron chi connectivity index (χ0n) is 7.04. The Bertz CT molecular complexity index is 329. The Labute approximate surface area is 88.0 Å². The fourth-order valence-electron chi connectivity index (χ4n) is 0.852. The molecule has 0 bridgehead atoms. The zero-order valence-corrected chi connectivity index (χ0v) is 8.63. The second-order valence-electron chi connectivity index (χ2n) is 2.50. The minimum absolute atomic E-state index is 0.308. The second-order valence-corrected chi connectivity index (χ2v) is 3.36. The third-order valence-electron chi connectivity index (χ3n) is 1.47. The second kappa shape index (κ2) is 5.05. The van der Waals surface area contributed by atoms with Gasteiger partial charge in [0.05, 0.1) is 0 Å². The lowest BCUT2D eigenvalue weighted by Gasteiger charge is -2.06. The number of benzene rings is 1. The molecule has 0 aliphatic heterocycles. The van der Waals surface area contributed by atoms with Crippen LogP contribution in [0.1, 0.15) is 10.4 Å². The molecule has 1 aromatic rings. The smallest absolute Gasteiger partial charge is 0.272 e. The first-order valence-electron chi connectivity index (χ1n) is 3.79. The van der Waals surface area contributed by atoms with Crippen molar-refractivity contribution in [1.82, 2.24) is 0 Å². The largest absolute Gasteiger partial charge is 0.488 e. The lowest BCUT2D eigenvalue weighted by Crippen LogP contribution is -2.06. The summed E-state index contributed by atoms with van der Waals surface area (Å²) in [5.41, 5.74) is 0.453. The van der Waals surface area contributed by atoms with Crippen LogP contribution in [0.5, 0.6) is 5.75 Å². The van der Waals surface area contributed by atoms with E-state index in [-0.39, 0.29) is 0 Å². The average molecular weight is 265 g/mol. The molecule has 1 aromatic carbocycles. The van der Waals surface area contributed by atoms with Gasteiger partial charge < -0.3 is 4.74 Å². The van der Waals surface area contributed by atoms with Crippen LogP contribution in [0.2, 0.25) is 0 Å². The molecule has 5 heteroatoms. The first-order chi connectivity index (χ1) is 6.63. The number of carbonyl (C=O) groups excluding carboxylic acids is 1. The molecule has 14 heavy (non-hydrogen) atoms. The summed E-state index contributed by atoms with van der Waals surface area (Å²) in [5, 5.41) is 0. The van der Waals surface area contributed by atoms with Crippen molar-refractivity contribution in [3.63, 3.8) is 0 Å². The molecule has 0 saturated heterocycles. The Kier molecular flexibility index (Phi) is 4.00. The highest BCUT2D eigenvalue weighted by Crippen LogP contribution is 2.22. The molecule has 0 heterocycles. The summed E-state index contributed by atoms with van der Waals surface area (Å²) in [6, 6.07) is 4.45. The maximum absolute atomic E-state index is 11.8. The van der Waals surface area contributed by atoms with Crippen LogP contribution in [-0.2, 0) is 0 Å². The van der Waals surface area contributed by atoms with Gasteiger partial charge in [0.25, 0.3) is 6.43 Å². The lowest BCUT2D eigenvalue weighted by atomic mass is 10.2. The van der Waals surface area contributed by atoms with E-state index in [1.807, 2.05) is 0 Å². The maximum Gasteiger partial charge on any atom is 0.272 e. The number of carbonyl (C=O) groups is 1. The normalized spacial score (nSPS) is 10.3. The van der Waals surface area contributed by atoms with Gasteiger partial charge in [0.2, 0.25) is 0 Å². The fraction of sp³-hybridized carbons (Fsp3) is 0.222. The Morgan fingerprint density at radius 1 is 1.50 bits per heavy atom. The number of rotatable bonds is 4. The van der Waals surface area contributed by atoms with Gasteiger partial charge in [-0.2, -0.15) is 0 Å². The Morgan fingerprint density at radius 2 is 2.21 bits per heavy atom. The number of ether oxygens (including phenoxy) is 1. The molecule has 2 nitrogen and oxygen atoms in total. The Balaban J connectivity index is 2.71. The van der Waals surface area contributed by atoms with Crippen LogP contribution in [0.25, 0.3) is 0 Å². The maximum atomic E-state index is 11.8. The van der Waals surface area contributed by atoms with E-state index in [4.69, 9.17) is 4.74 Å². The van der Waals surface area contributed by atoms with E-state index in [9.17, 15) is 13.6 Å². The van der Waals surface area contributed by atoms with Gasteiger partial charge in [0, 0.05) is 10.0 Å². The molecule has 0 aliphatic carbocycles. The van der Waals surface area contributed by atoms with E-state index in [2.05, 4.69) is 15.9 Å². The van der Waals surface area contributed by atoms with Crippen LogP contribution in [-0.4, -0.2) is 19.3 Å². The van der Waals surface area contributed by atoms with E-state index >= 15 is 0 Å². The topological polar surface area (TPSA) is 26.3 Å².